The highest BCUT2D eigenvalue weighted by Gasteiger charge is 2.29. The van der Waals surface area contributed by atoms with Crippen LogP contribution in [0.2, 0.25) is 0 Å². The monoisotopic (exact) mass is 285 g/mol. The highest BCUT2D eigenvalue weighted by Crippen LogP contribution is 2.31. The lowest BCUT2D eigenvalue weighted by molar-refractivity contribution is -0.136. The largest absolute Gasteiger partial charge is 0.459 e. The first-order valence-electron chi connectivity index (χ1n) is 6.69. The second-order valence-electron chi connectivity index (χ2n) is 4.95. The van der Waals surface area contributed by atoms with Gasteiger partial charge in [-0.1, -0.05) is 18.6 Å². The second-order valence-corrected chi connectivity index (χ2v) is 4.95. The van der Waals surface area contributed by atoms with Crippen LogP contribution in [0.1, 0.15) is 37.1 Å². The first-order chi connectivity index (χ1) is 9.39. The van der Waals surface area contributed by atoms with Crippen LogP contribution in [0.3, 0.4) is 0 Å². The number of fused-ring (bicyclic) bond motifs is 1. The van der Waals surface area contributed by atoms with Crippen molar-refractivity contribution < 1.29 is 17.6 Å². The minimum atomic E-state index is -4.14. The molecule has 1 aromatic carbocycles. The Bertz CT molecular complexity index is 574. The summed E-state index contributed by atoms with van der Waals surface area (Å²) in [7, 11) is 0. The first-order valence-corrected chi connectivity index (χ1v) is 6.69. The summed E-state index contributed by atoms with van der Waals surface area (Å²) in [6.45, 7) is 4.43. The van der Waals surface area contributed by atoms with E-state index in [1.165, 1.54) is 0 Å². The van der Waals surface area contributed by atoms with Crippen molar-refractivity contribution in [3.63, 3.8) is 0 Å². The van der Waals surface area contributed by atoms with Crippen LogP contribution in [0.25, 0.3) is 11.0 Å². The van der Waals surface area contributed by atoms with Gasteiger partial charge in [0.05, 0.1) is 6.04 Å². The summed E-state index contributed by atoms with van der Waals surface area (Å²) in [5.41, 5.74) is 1.81. The Balaban J connectivity index is 2.22. The predicted molar refractivity (Wildman–Crippen MR) is 72.7 cm³/mol. The number of hydrogen-bond donors (Lipinski definition) is 1. The Hall–Kier alpha value is -1.49. The van der Waals surface area contributed by atoms with Crippen molar-refractivity contribution in [2.75, 3.05) is 6.54 Å². The molecule has 0 radical (unpaired) electrons. The van der Waals surface area contributed by atoms with Gasteiger partial charge in [-0.15, -0.1) is 0 Å². The standard InChI is InChI=1S/C15H18F3NO/c1-3-19-12(6-7-15(16,17)18)14-9-11-8-10(2)4-5-13(11)20-14/h4-5,8-9,12,19H,3,6-7H2,1-2H3. The summed E-state index contributed by atoms with van der Waals surface area (Å²) in [5, 5.41) is 3.98. The Labute approximate surface area is 116 Å². The molecule has 0 aliphatic carbocycles. The number of hydrogen-bond acceptors (Lipinski definition) is 2. The van der Waals surface area contributed by atoms with Crippen molar-refractivity contribution in [1.29, 1.82) is 0 Å². The van der Waals surface area contributed by atoms with Gasteiger partial charge in [-0.05, 0) is 38.1 Å². The lowest BCUT2D eigenvalue weighted by Gasteiger charge is -2.16. The maximum Gasteiger partial charge on any atom is 0.389 e. The van der Waals surface area contributed by atoms with Gasteiger partial charge in [0.15, 0.2) is 0 Å². The summed E-state index contributed by atoms with van der Waals surface area (Å²) in [6.07, 6.45) is -4.98. The van der Waals surface area contributed by atoms with E-state index in [0.717, 1.165) is 10.9 Å². The maximum absolute atomic E-state index is 12.4. The number of furan rings is 1. The summed E-state index contributed by atoms with van der Waals surface area (Å²) < 4.78 is 42.8. The Morgan fingerprint density at radius 3 is 2.65 bits per heavy atom. The van der Waals surface area contributed by atoms with Gasteiger partial charge in [0.1, 0.15) is 11.3 Å². The summed E-state index contributed by atoms with van der Waals surface area (Å²) in [6, 6.07) is 7.16. The van der Waals surface area contributed by atoms with Gasteiger partial charge < -0.3 is 9.73 Å². The number of rotatable bonds is 5. The molecule has 110 valence electrons. The molecule has 2 aromatic rings. The second kappa shape index (κ2) is 5.87. The van der Waals surface area contributed by atoms with E-state index in [2.05, 4.69) is 5.32 Å². The molecule has 1 N–H and O–H groups in total. The van der Waals surface area contributed by atoms with Crippen LogP contribution in [0, 0.1) is 6.92 Å². The van der Waals surface area contributed by atoms with Gasteiger partial charge in [-0.3, -0.25) is 0 Å². The summed E-state index contributed by atoms with van der Waals surface area (Å²) in [4.78, 5) is 0. The molecule has 20 heavy (non-hydrogen) atoms. The molecule has 1 atom stereocenters. The third-order valence-electron chi connectivity index (χ3n) is 3.20. The van der Waals surface area contributed by atoms with E-state index in [9.17, 15) is 13.2 Å². The van der Waals surface area contributed by atoms with Gasteiger partial charge >= 0.3 is 6.18 Å². The van der Waals surface area contributed by atoms with Gasteiger partial charge in [0.25, 0.3) is 0 Å². The number of alkyl halides is 3. The van der Waals surface area contributed by atoms with Gasteiger partial charge in [0, 0.05) is 11.8 Å². The zero-order valence-corrected chi connectivity index (χ0v) is 11.6. The van der Waals surface area contributed by atoms with Crippen LogP contribution in [-0.4, -0.2) is 12.7 Å². The van der Waals surface area contributed by atoms with Crippen molar-refractivity contribution in [3.8, 4) is 0 Å². The van der Waals surface area contributed by atoms with E-state index >= 15 is 0 Å². The van der Waals surface area contributed by atoms with Crippen LogP contribution in [-0.2, 0) is 0 Å². The van der Waals surface area contributed by atoms with Crippen LogP contribution < -0.4 is 5.32 Å². The fraction of sp³-hybridized carbons (Fsp3) is 0.467. The molecular formula is C15H18F3NO. The van der Waals surface area contributed by atoms with Gasteiger partial charge in [0.2, 0.25) is 0 Å². The highest BCUT2D eigenvalue weighted by molar-refractivity contribution is 5.78. The average molecular weight is 285 g/mol. The van der Waals surface area contributed by atoms with Crippen molar-refractivity contribution in [2.24, 2.45) is 0 Å². The van der Waals surface area contributed by atoms with E-state index < -0.39 is 18.6 Å². The molecule has 0 bridgehead atoms. The molecular weight excluding hydrogens is 267 g/mol. The number of nitrogens with one attached hydrogen (secondary N) is 1. The molecule has 5 heteroatoms. The minimum absolute atomic E-state index is 0.0177. The molecule has 0 aliphatic rings. The molecule has 0 aliphatic heterocycles. The first kappa shape index (κ1) is 14.9. The van der Waals surface area contributed by atoms with E-state index in [-0.39, 0.29) is 6.42 Å². The lowest BCUT2D eigenvalue weighted by Crippen LogP contribution is -2.22. The zero-order chi connectivity index (χ0) is 14.8. The molecule has 1 heterocycles. The highest BCUT2D eigenvalue weighted by atomic mass is 19.4. The number of aryl methyl sites for hydroxylation is 1. The quantitative estimate of drug-likeness (QED) is 0.858. The summed E-state index contributed by atoms with van der Waals surface area (Å²) >= 11 is 0. The van der Waals surface area contributed by atoms with Crippen LogP contribution in [0.15, 0.2) is 28.7 Å². The molecule has 0 spiro atoms. The third kappa shape index (κ3) is 3.76. The normalized spacial score (nSPS) is 13.8. The summed E-state index contributed by atoms with van der Waals surface area (Å²) in [5.74, 6) is 0.566. The third-order valence-corrected chi connectivity index (χ3v) is 3.20. The van der Waals surface area contributed by atoms with Crippen LogP contribution in [0.4, 0.5) is 13.2 Å². The molecule has 1 aromatic heterocycles. The molecule has 0 saturated heterocycles. The number of halogens is 3. The fourth-order valence-corrected chi connectivity index (χ4v) is 2.25. The van der Waals surface area contributed by atoms with E-state index in [1.54, 1.807) is 0 Å². The zero-order valence-electron chi connectivity index (χ0n) is 11.6. The fourth-order valence-electron chi connectivity index (χ4n) is 2.25. The van der Waals surface area contributed by atoms with Crippen LogP contribution in [0.5, 0.6) is 0 Å². The molecule has 1 unspecified atom stereocenters. The van der Waals surface area contributed by atoms with Crippen molar-refractivity contribution in [2.45, 2.75) is 38.9 Å². The van der Waals surface area contributed by atoms with Crippen LogP contribution >= 0.6 is 0 Å². The Morgan fingerprint density at radius 1 is 1.25 bits per heavy atom. The van der Waals surface area contributed by atoms with Crippen molar-refractivity contribution in [3.05, 3.63) is 35.6 Å². The predicted octanol–water partition coefficient (Wildman–Crippen LogP) is 4.73. The van der Waals surface area contributed by atoms with E-state index in [4.69, 9.17) is 4.42 Å². The average Bonchev–Trinajstić information content (AvgIpc) is 2.75. The van der Waals surface area contributed by atoms with E-state index in [1.807, 2.05) is 38.1 Å². The number of benzene rings is 1. The topological polar surface area (TPSA) is 25.2 Å². The minimum Gasteiger partial charge on any atom is -0.459 e. The smallest absolute Gasteiger partial charge is 0.389 e. The molecule has 0 amide bonds. The SMILES string of the molecule is CCNC(CCC(F)(F)F)c1cc2cc(C)ccc2o1. The molecule has 0 fully saturated rings. The molecule has 2 rings (SSSR count). The Morgan fingerprint density at radius 2 is 2.00 bits per heavy atom. The molecule has 2 nitrogen and oxygen atoms in total. The molecule has 0 saturated carbocycles. The maximum atomic E-state index is 12.4. The van der Waals surface area contributed by atoms with Gasteiger partial charge in [-0.25, -0.2) is 0 Å². The van der Waals surface area contributed by atoms with Crippen molar-refractivity contribution >= 4 is 11.0 Å². The Kier molecular flexibility index (Phi) is 4.38. The van der Waals surface area contributed by atoms with E-state index in [0.29, 0.717) is 17.9 Å². The van der Waals surface area contributed by atoms with Gasteiger partial charge in [-0.2, -0.15) is 13.2 Å². The van der Waals surface area contributed by atoms with Crippen molar-refractivity contribution in [1.82, 2.24) is 5.32 Å². The lowest BCUT2D eigenvalue weighted by atomic mass is 10.1.